The molecule has 1 saturated carbocycles. The molecule has 6 rings (SSSR count). The molecule has 2 bridgehead atoms. The van der Waals surface area contributed by atoms with Gasteiger partial charge in [-0.1, -0.05) is 11.2 Å². The number of hydrogen-bond donors (Lipinski definition) is 1. The first kappa shape index (κ1) is 22.3. The number of halogens is 4. The number of alkyl halides is 3. The van der Waals surface area contributed by atoms with Gasteiger partial charge in [0.2, 0.25) is 11.8 Å². The van der Waals surface area contributed by atoms with Gasteiger partial charge >= 0.3 is 12.2 Å². The molecule has 1 unspecified atom stereocenters. The molecule has 3 aliphatic rings. The van der Waals surface area contributed by atoms with Gasteiger partial charge in [-0.25, -0.2) is 9.07 Å². The molecule has 8 nitrogen and oxygen atoms in total. The molecule has 3 aromatic rings. The average Bonchev–Trinajstić information content (AvgIpc) is 3.48. The summed E-state index contributed by atoms with van der Waals surface area (Å²) in [5.74, 6) is 1.05. The molecule has 0 radical (unpaired) electrons. The third kappa shape index (κ3) is 4.02. The fraction of sp³-hybridized carbons (Fsp3) is 0.565. The van der Waals surface area contributed by atoms with E-state index in [0.29, 0.717) is 54.5 Å². The Morgan fingerprint density at radius 2 is 1.86 bits per heavy atom. The maximum Gasteiger partial charge on any atom is 0.416 e. The SMILES string of the molecule is Cc1nnc(N2C[C@H]3CC[C@@H](C2)[C@@H]3Nc2nc3n(n2)CCCC3c2ccc(C(F)(F)F)cc2F)o1. The van der Waals surface area contributed by atoms with E-state index in [1.807, 2.05) is 0 Å². The topological polar surface area (TPSA) is 84.9 Å². The van der Waals surface area contributed by atoms with Gasteiger partial charge in [0, 0.05) is 38.5 Å². The summed E-state index contributed by atoms with van der Waals surface area (Å²) in [6.45, 7) is 4.01. The zero-order chi connectivity index (χ0) is 24.3. The minimum Gasteiger partial charge on any atom is -0.408 e. The summed E-state index contributed by atoms with van der Waals surface area (Å²) in [6.07, 6.45) is -1.10. The van der Waals surface area contributed by atoms with Gasteiger partial charge in [0.25, 0.3) is 0 Å². The van der Waals surface area contributed by atoms with Crippen LogP contribution in [0.15, 0.2) is 22.6 Å². The minimum absolute atomic E-state index is 0.195. The lowest BCUT2D eigenvalue weighted by Crippen LogP contribution is -2.48. The third-order valence-corrected chi connectivity index (χ3v) is 7.49. The van der Waals surface area contributed by atoms with Gasteiger partial charge in [0.15, 0.2) is 0 Å². The van der Waals surface area contributed by atoms with Crippen LogP contribution in [0, 0.1) is 24.6 Å². The molecule has 4 atom stereocenters. The summed E-state index contributed by atoms with van der Waals surface area (Å²) < 4.78 is 61.0. The Hall–Kier alpha value is -3.18. The van der Waals surface area contributed by atoms with Crippen LogP contribution in [0.4, 0.5) is 29.5 Å². The van der Waals surface area contributed by atoms with Gasteiger partial charge in [0.1, 0.15) is 11.6 Å². The third-order valence-electron chi connectivity index (χ3n) is 7.49. The Morgan fingerprint density at radius 1 is 1.09 bits per heavy atom. The van der Waals surface area contributed by atoms with Crippen LogP contribution in [0.25, 0.3) is 0 Å². The first-order valence-corrected chi connectivity index (χ1v) is 11.9. The normalized spacial score (nSPS) is 26.1. The summed E-state index contributed by atoms with van der Waals surface area (Å²) >= 11 is 0. The lowest BCUT2D eigenvalue weighted by atomic mass is 9.90. The van der Waals surface area contributed by atoms with Crippen molar-refractivity contribution >= 4 is 12.0 Å². The molecular weight excluding hydrogens is 466 g/mol. The number of benzene rings is 1. The van der Waals surface area contributed by atoms with E-state index in [0.717, 1.165) is 38.4 Å². The summed E-state index contributed by atoms with van der Waals surface area (Å²) in [7, 11) is 0. The minimum atomic E-state index is -4.58. The smallest absolute Gasteiger partial charge is 0.408 e. The maximum absolute atomic E-state index is 14.7. The molecule has 0 amide bonds. The second-order valence-corrected chi connectivity index (χ2v) is 9.72. The van der Waals surface area contributed by atoms with E-state index in [2.05, 4.69) is 30.5 Å². The number of aromatic nitrogens is 5. The first-order chi connectivity index (χ1) is 16.8. The Kier molecular flexibility index (Phi) is 5.22. The van der Waals surface area contributed by atoms with Gasteiger partial charge in [-0.05, 0) is 55.2 Å². The second-order valence-electron chi connectivity index (χ2n) is 9.72. The maximum atomic E-state index is 14.7. The Bertz CT molecular complexity index is 1220. The summed E-state index contributed by atoms with van der Waals surface area (Å²) in [5, 5.41) is 16.2. The standard InChI is InChI=1S/C23H25F4N7O/c1-12-30-31-22(35-12)33-10-13-4-5-14(11-33)19(13)28-21-29-20-17(3-2-8-34(20)32-21)16-7-6-15(9-18(16)24)23(25,26)27/h6-7,9,13-14,17,19H,2-5,8,10-11H2,1H3,(H,28,32)/t13-,14+,17?,19-. The molecule has 2 fully saturated rings. The monoisotopic (exact) mass is 491 g/mol. The molecule has 186 valence electrons. The molecular formula is C23H25F4N7O. The average molecular weight is 491 g/mol. The molecule has 1 N–H and O–H groups in total. The van der Waals surface area contributed by atoms with Gasteiger partial charge < -0.3 is 14.6 Å². The Morgan fingerprint density at radius 3 is 2.51 bits per heavy atom. The van der Waals surface area contributed by atoms with E-state index >= 15 is 0 Å². The summed E-state index contributed by atoms with van der Waals surface area (Å²) in [6, 6.07) is 3.48. The molecule has 1 aromatic carbocycles. The lowest BCUT2D eigenvalue weighted by Gasteiger charge is -2.37. The van der Waals surface area contributed by atoms with Crippen molar-refractivity contribution in [2.24, 2.45) is 11.8 Å². The van der Waals surface area contributed by atoms with Crippen LogP contribution in [0.3, 0.4) is 0 Å². The van der Waals surface area contributed by atoms with Crippen molar-refractivity contribution in [1.82, 2.24) is 25.0 Å². The quantitative estimate of drug-likeness (QED) is 0.542. The predicted molar refractivity (Wildman–Crippen MR) is 117 cm³/mol. The molecule has 2 aliphatic heterocycles. The van der Waals surface area contributed by atoms with E-state index in [9.17, 15) is 17.6 Å². The molecule has 35 heavy (non-hydrogen) atoms. The molecule has 1 aliphatic carbocycles. The number of nitrogens with zero attached hydrogens (tertiary/aromatic N) is 6. The number of nitrogens with one attached hydrogen (secondary N) is 1. The predicted octanol–water partition coefficient (Wildman–Crippen LogP) is 4.38. The highest BCUT2D eigenvalue weighted by molar-refractivity contribution is 5.37. The van der Waals surface area contributed by atoms with Crippen LogP contribution in [0.2, 0.25) is 0 Å². The molecule has 12 heteroatoms. The van der Waals surface area contributed by atoms with Crippen LogP contribution in [-0.4, -0.2) is 44.1 Å². The van der Waals surface area contributed by atoms with Crippen LogP contribution in [0.1, 0.15) is 54.4 Å². The van der Waals surface area contributed by atoms with Crippen molar-refractivity contribution in [3.8, 4) is 0 Å². The van der Waals surface area contributed by atoms with Crippen LogP contribution in [0.5, 0.6) is 0 Å². The highest BCUT2D eigenvalue weighted by Gasteiger charge is 2.44. The Labute approximate surface area is 198 Å². The number of piperidine rings is 1. The van der Waals surface area contributed by atoms with E-state index < -0.39 is 23.5 Å². The van der Waals surface area contributed by atoms with E-state index in [-0.39, 0.29) is 11.6 Å². The van der Waals surface area contributed by atoms with Gasteiger partial charge in [-0.2, -0.15) is 18.2 Å². The van der Waals surface area contributed by atoms with Gasteiger partial charge in [-0.3, -0.25) is 0 Å². The van der Waals surface area contributed by atoms with E-state index in [1.165, 1.54) is 6.07 Å². The molecule has 4 heterocycles. The highest BCUT2D eigenvalue weighted by Crippen LogP contribution is 2.41. The van der Waals surface area contributed by atoms with E-state index in [1.54, 1.807) is 11.6 Å². The van der Waals surface area contributed by atoms with Crippen molar-refractivity contribution in [2.45, 2.75) is 57.3 Å². The second kappa shape index (κ2) is 8.20. The van der Waals surface area contributed by atoms with Gasteiger partial charge in [-0.15, -0.1) is 10.2 Å². The van der Waals surface area contributed by atoms with Crippen LogP contribution in [-0.2, 0) is 12.7 Å². The van der Waals surface area contributed by atoms with Crippen molar-refractivity contribution in [1.29, 1.82) is 0 Å². The molecule has 2 aromatic heterocycles. The van der Waals surface area contributed by atoms with Crippen LogP contribution >= 0.6 is 0 Å². The molecule has 0 spiro atoms. The number of fused-ring (bicyclic) bond motifs is 3. The highest BCUT2D eigenvalue weighted by atomic mass is 19.4. The molecule has 1 saturated heterocycles. The summed E-state index contributed by atoms with van der Waals surface area (Å²) in [5.41, 5.74) is -0.767. The zero-order valence-corrected chi connectivity index (χ0v) is 19.1. The fourth-order valence-corrected chi connectivity index (χ4v) is 5.87. The number of hydrogen-bond acceptors (Lipinski definition) is 7. The first-order valence-electron chi connectivity index (χ1n) is 11.9. The zero-order valence-electron chi connectivity index (χ0n) is 19.1. The van der Waals surface area contributed by atoms with Crippen molar-refractivity contribution in [2.75, 3.05) is 23.3 Å². The fourth-order valence-electron chi connectivity index (χ4n) is 5.87. The van der Waals surface area contributed by atoms with E-state index in [4.69, 9.17) is 4.42 Å². The van der Waals surface area contributed by atoms with Crippen molar-refractivity contribution < 1.29 is 22.0 Å². The Balaban J connectivity index is 1.21. The largest absolute Gasteiger partial charge is 0.416 e. The van der Waals surface area contributed by atoms with Crippen LogP contribution < -0.4 is 10.2 Å². The van der Waals surface area contributed by atoms with Gasteiger partial charge in [0.05, 0.1) is 5.56 Å². The lowest BCUT2D eigenvalue weighted by molar-refractivity contribution is -0.137. The number of aryl methyl sites for hydroxylation is 2. The summed E-state index contributed by atoms with van der Waals surface area (Å²) in [4.78, 5) is 6.82. The van der Waals surface area contributed by atoms with Crippen molar-refractivity contribution in [3.05, 3.63) is 46.9 Å². The van der Waals surface area contributed by atoms with Crippen molar-refractivity contribution in [3.63, 3.8) is 0 Å². The number of anilines is 2. The number of rotatable bonds is 4.